The molecule has 0 aliphatic heterocycles. The van der Waals surface area contributed by atoms with Gasteiger partial charge < -0.3 is 16.0 Å². The highest BCUT2D eigenvalue weighted by atomic mass is 16.2. The first-order valence-electron chi connectivity index (χ1n) is 8.44. The summed E-state index contributed by atoms with van der Waals surface area (Å²) in [7, 11) is 0. The van der Waals surface area contributed by atoms with Gasteiger partial charge in [-0.1, -0.05) is 54.6 Å². The van der Waals surface area contributed by atoms with Crippen molar-refractivity contribution in [1.82, 2.24) is 0 Å². The van der Waals surface area contributed by atoms with Gasteiger partial charge in [-0.2, -0.15) is 0 Å². The van der Waals surface area contributed by atoms with Crippen LogP contribution < -0.4 is 16.0 Å². The van der Waals surface area contributed by atoms with Gasteiger partial charge in [-0.3, -0.25) is 4.79 Å². The lowest BCUT2D eigenvalue weighted by Gasteiger charge is -2.16. The van der Waals surface area contributed by atoms with Crippen LogP contribution in [0.1, 0.15) is 6.92 Å². The number of carbonyl (C=O) groups excluding carboxylic acids is 1. The van der Waals surface area contributed by atoms with Crippen molar-refractivity contribution >= 4 is 23.0 Å². The number of allylic oxidation sites excluding steroid dienone is 1. The quantitative estimate of drug-likeness (QED) is 0.547. The molecule has 0 saturated heterocycles. The molecule has 0 aliphatic carbocycles. The molecule has 0 bridgehead atoms. The standard InChI is InChI=1S/C22H21N3O/c1-17(23-18-11-5-2-6-12-18)21(24-19-13-7-3-8-14-19)22(26)25-20-15-9-4-10-16-20/h2-16,23-24H,1H3,(H,25,26)/b21-17-. The normalized spacial score (nSPS) is 11.3. The molecule has 0 atom stereocenters. The van der Waals surface area contributed by atoms with E-state index in [2.05, 4.69) is 16.0 Å². The molecule has 0 fully saturated rings. The molecule has 0 unspecified atom stereocenters. The first-order chi connectivity index (χ1) is 12.7. The number of rotatable bonds is 6. The van der Waals surface area contributed by atoms with Gasteiger partial charge in [0.25, 0.3) is 5.91 Å². The third-order valence-electron chi connectivity index (χ3n) is 3.78. The van der Waals surface area contributed by atoms with Gasteiger partial charge in [0.2, 0.25) is 0 Å². The van der Waals surface area contributed by atoms with Crippen molar-refractivity contribution in [2.75, 3.05) is 16.0 Å². The summed E-state index contributed by atoms with van der Waals surface area (Å²) < 4.78 is 0. The molecule has 0 radical (unpaired) electrons. The van der Waals surface area contributed by atoms with Gasteiger partial charge in [0, 0.05) is 22.8 Å². The SMILES string of the molecule is C/C(Nc1ccccc1)=C(/Nc1ccccc1)C(=O)Nc1ccccc1. The maximum Gasteiger partial charge on any atom is 0.273 e. The predicted molar refractivity (Wildman–Crippen MR) is 108 cm³/mol. The van der Waals surface area contributed by atoms with E-state index < -0.39 is 0 Å². The average molecular weight is 343 g/mol. The van der Waals surface area contributed by atoms with Gasteiger partial charge in [-0.05, 0) is 43.3 Å². The van der Waals surface area contributed by atoms with Gasteiger partial charge in [0.15, 0.2) is 0 Å². The number of para-hydroxylation sites is 3. The zero-order chi connectivity index (χ0) is 18.2. The van der Waals surface area contributed by atoms with Crippen LogP contribution in [-0.4, -0.2) is 5.91 Å². The minimum absolute atomic E-state index is 0.207. The van der Waals surface area contributed by atoms with Crippen LogP contribution in [0.4, 0.5) is 17.1 Å². The molecule has 0 aromatic heterocycles. The van der Waals surface area contributed by atoms with E-state index in [0.29, 0.717) is 5.70 Å². The molecule has 3 aromatic rings. The largest absolute Gasteiger partial charge is 0.357 e. The minimum atomic E-state index is -0.207. The van der Waals surface area contributed by atoms with Gasteiger partial charge >= 0.3 is 0 Å². The van der Waals surface area contributed by atoms with Crippen LogP contribution in [0.5, 0.6) is 0 Å². The summed E-state index contributed by atoms with van der Waals surface area (Å²) in [6.45, 7) is 1.88. The van der Waals surface area contributed by atoms with Crippen molar-refractivity contribution in [3.05, 3.63) is 102 Å². The van der Waals surface area contributed by atoms with Crippen molar-refractivity contribution in [2.24, 2.45) is 0 Å². The zero-order valence-corrected chi connectivity index (χ0v) is 14.6. The Morgan fingerprint density at radius 1 is 0.577 bits per heavy atom. The summed E-state index contributed by atoms with van der Waals surface area (Å²) in [6.07, 6.45) is 0. The molecule has 130 valence electrons. The maximum absolute atomic E-state index is 12.9. The van der Waals surface area contributed by atoms with Gasteiger partial charge in [0.1, 0.15) is 5.70 Å². The fourth-order valence-electron chi connectivity index (χ4n) is 2.50. The number of hydrogen-bond donors (Lipinski definition) is 3. The highest BCUT2D eigenvalue weighted by Crippen LogP contribution is 2.17. The molecule has 4 heteroatoms. The van der Waals surface area contributed by atoms with Crippen molar-refractivity contribution < 1.29 is 4.79 Å². The van der Waals surface area contributed by atoms with E-state index in [0.717, 1.165) is 22.8 Å². The molecule has 3 rings (SSSR count). The van der Waals surface area contributed by atoms with Crippen LogP contribution in [0, 0.1) is 0 Å². The summed E-state index contributed by atoms with van der Waals surface area (Å²) >= 11 is 0. The van der Waals surface area contributed by atoms with Crippen molar-refractivity contribution in [1.29, 1.82) is 0 Å². The Labute approximate surface area is 153 Å². The highest BCUT2D eigenvalue weighted by molar-refractivity contribution is 6.06. The molecule has 0 heterocycles. The lowest BCUT2D eigenvalue weighted by atomic mass is 10.2. The average Bonchev–Trinajstić information content (AvgIpc) is 2.68. The number of hydrogen-bond acceptors (Lipinski definition) is 3. The third kappa shape index (κ3) is 4.74. The van der Waals surface area contributed by atoms with Gasteiger partial charge in [-0.15, -0.1) is 0 Å². The highest BCUT2D eigenvalue weighted by Gasteiger charge is 2.14. The summed E-state index contributed by atoms with van der Waals surface area (Å²) in [6, 6.07) is 28.8. The van der Waals surface area contributed by atoms with Gasteiger partial charge in [0.05, 0.1) is 0 Å². The Bertz CT molecular complexity index is 875. The second-order valence-electron chi connectivity index (χ2n) is 5.80. The Morgan fingerprint density at radius 2 is 0.962 bits per heavy atom. The Balaban J connectivity index is 1.87. The topological polar surface area (TPSA) is 53.2 Å². The van der Waals surface area contributed by atoms with Crippen LogP contribution in [0.15, 0.2) is 102 Å². The smallest absolute Gasteiger partial charge is 0.273 e. The Kier molecular flexibility index (Phi) is 5.68. The molecule has 4 nitrogen and oxygen atoms in total. The van der Waals surface area contributed by atoms with E-state index >= 15 is 0 Å². The van der Waals surface area contributed by atoms with Crippen molar-refractivity contribution in [2.45, 2.75) is 6.92 Å². The first kappa shape index (κ1) is 17.3. The number of anilines is 3. The minimum Gasteiger partial charge on any atom is -0.357 e. The van der Waals surface area contributed by atoms with Crippen LogP contribution in [0.3, 0.4) is 0 Å². The third-order valence-corrected chi connectivity index (χ3v) is 3.78. The van der Waals surface area contributed by atoms with E-state index in [1.165, 1.54) is 0 Å². The van der Waals surface area contributed by atoms with Crippen LogP contribution in [-0.2, 0) is 4.79 Å². The van der Waals surface area contributed by atoms with E-state index in [4.69, 9.17) is 0 Å². The lowest BCUT2D eigenvalue weighted by Crippen LogP contribution is -2.23. The molecule has 1 amide bonds. The summed E-state index contributed by atoms with van der Waals surface area (Å²) in [4.78, 5) is 12.9. The van der Waals surface area contributed by atoms with Crippen LogP contribution in [0.25, 0.3) is 0 Å². The molecule has 0 aliphatic rings. The second-order valence-corrected chi connectivity index (χ2v) is 5.80. The number of amides is 1. The Hall–Kier alpha value is -3.53. The number of nitrogens with one attached hydrogen (secondary N) is 3. The van der Waals surface area contributed by atoms with Crippen molar-refractivity contribution in [3.8, 4) is 0 Å². The van der Waals surface area contributed by atoms with E-state index in [1.807, 2.05) is 97.9 Å². The fraction of sp³-hybridized carbons (Fsp3) is 0.0455. The maximum atomic E-state index is 12.9. The molecule has 26 heavy (non-hydrogen) atoms. The first-order valence-corrected chi connectivity index (χ1v) is 8.44. The number of carbonyl (C=O) groups is 1. The molecular formula is C22H21N3O. The lowest BCUT2D eigenvalue weighted by molar-refractivity contribution is -0.112. The second kappa shape index (κ2) is 8.53. The molecule has 3 N–H and O–H groups in total. The molecule has 0 spiro atoms. The zero-order valence-electron chi connectivity index (χ0n) is 14.6. The van der Waals surface area contributed by atoms with E-state index in [9.17, 15) is 4.79 Å². The summed E-state index contributed by atoms with van der Waals surface area (Å²) in [5.74, 6) is -0.207. The van der Waals surface area contributed by atoms with Crippen LogP contribution in [0.2, 0.25) is 0 Å². The van der Waals surface area contributed by atoms with Gasteiger partial charge in [-0.25, -0.2) is 0 Å². The summed E-state index contributed by atoms with van der Waals surface area (Å²) in [5, 5.41) is 9.44. The van der Waals surface area contributed by atoms with E-state index in [1.54, 1.807) is 0 Å². The molecule has 0 saturated carbocycles. The molecular weight excluding hydrogens is 322 g/mol. The summed E-state index contributed by atoms with van der Waals surface area (Å²) in [5.41, 5.74) is 3.71. The van der Waals surface area contributed by atoms with Crippen LogP contribution >= 0.6 is 0 Å². The van der Waals surface area contributed by atoms with Crippen molar-refractivity contribution in [3.63, 3.8) is 0 Å². The number of benzene rings is 3. The monoisotopic (exact) mass is 343 g/mol. The predicted octanol–water partition coefficient (Wildman–Crippen LogP) is 5.08. The van der Waals surface area contributed by atoms with E-state index in [-0.39, 0.29) is 5.91 Å². The Morgan fingerprint density at radius 3 is 1.42 bits per heavy atom. The fourth-order valence-corrected chi connectivity index (χ4v) is 2.50. The molecule has 3 aromatic carbocycles.